The lowest BCUT2D eigenvalue weighted by Gasteiger charge is -2.26. The summed E-state index contributed by atoms with van der Waals surface area (Å²) in [4.78, 5) is 44.6. The molecule has 1 aliphatic heterocycles. The van der Waals surface area contributed by atoms with Gasteiger partial charge in [0.05, 0.1) is 24.6 Å². The Morgan fingerprint density at radius 3 is 2.50 bits per heavy atom. The third-order valence-corrected chi connectivity index (χ3v) is 6.94. The number of hydrogen-bond acceptors (Lipinski definition) is 7. The van der Waals surface area contributed by atoms with E-state index < -0.39 is 17.3 Å². The van der Waals surface area contributed by atoms with Crippen LogP contribution < -0.4 is 16.2 Å². The molecular weight excluding hydrogens is 541 g/mol. The van der Waals surface area contributed by atoms with Crippen molar-refractivity contribution in [2.75, 3.05) is 36.9 Å². The van der Waals surface area contributed by atoms with Crippen molar-refractivity contribution in [2.45, 2.75) is 0 Å². The zero-order valence-electron chi connectivity index (χ0n) is 22.6. The number of para-hydroxylation sites is 1. The lowest BCUT2D eigenvalue weighted by molar-refractivity contribution is 0.0303. The highest BCUT2D eigenvalue weighted by Crippen LogP contribution is 2.28. The van der Waals surface area contributed by atoms with E-state index in [0.29, 0.717) is 43.1 Å². The maximum Gasteiger partial charge on any atom is 0.293 e. The third kappa shape index (κ3) is 5.37. The van der Waals surface area contributed by atoms with Gasteiger partial charge >= 0.3 is 0 Å². The number of hydrogen-bond donors (Lipinski definition) is 2. The van der Waals surface area contributed by atoms with Crippen molar-refractivity contribution in [3.63, 3.8) is 0 Å². The first-order chi connectivity index (χ1) is 20.4. The van der Waals surface area contributed by atoms with Gasteiger partial charge in [-0.05, 0) is 48.5 Å². The van der Waals surface area contributed by atoms with Crippen LogP contribution in [0, 0.1) is 5.82 Å². The van der Waals surface area contributed by atoms with Gasteiger partial charge in [0.25, 0.3) is 17.4 Å². The quantitative estimate of drug-likeness (QED) is 0.303. The Labute approximate surface area is 239 Å². The molecule has 1 saturated heterocycles. The number of rotatable bonds is 6. The SMILES string of the molecule is Cn1cc(-c2cccc(NC(=O)c3cc4ccccc4o3)c2F)nc(Nc2ccc(C(=O)N3CCOCC3)cc2)c1=O. The topological polar surface area (TPSA) is 119 Å². The summed E-state index contributed by atoms with van der Waals surface area (Å²) in [7, 11) is 1.54. The first-order valence-corrected chi connectivity index (χ1v) is 13.3. The highest BCUT2D eigenvalue weighted by atomic mass is 19.1. The van der Waals surface area contributed by atoms with Crippen LogP contribution in [-0.4, -0.2) is 52.6 Å². The summed E-state index contributed by atoms with van der Waals surface area (Å²) in [6.07, 6.45) is 1.42. The molecular formula is C31H26FN5O5. The van der Waals surface area contributed by atoms with Crippen LogP contribution in [0.15, 0.2) is 88.2 Å². The van der Waals surface area contributed by atoms with Crippen molar-refractivity contribution in [2.24, 2.45) is 7.05 Å². The fraction of sp³-hybridized carbons (Fsp3) is 0.161. The van der Waals surface area contributed by atoms with Crippen LogP contribution in [0.1, 0.15) is 20.9 Å². The number of halogens is 1. The lowest BCUT2D eigenvalue weighted by Crippen LogP contribution is -2.40. The molecule has 2 N–H and O–H groups in total. The van der Waals surface area contributed by atoms with E-state index in [-0.39, 0.29) is 34.4 Å². The van der Waals surface area contributed by atoms with E-state index in [0.717, 1.165) is 5.39 Å². The van der Waals surface area contributed by atoms with Crippen molar-refractivity contribution >= 4 is 40.0 Å². The molecule has 3 aromatic carbocycles. The molecule has 0 unspecified atom stereocenters. The Morgan fingerprint density at radius 1 is 0.976 bits per heavy atom. The molecule has 0 spiro atoms. The maximum atomic E-state index is 15.7. The minimum Gasteiger partial charge on any atom is -0.451 e. The molecule has 10 nitrogen and oxygen atoms in total. The number of fused-ring (bicyclic) bond motifs is 1. The van der Waals surface area contributed by atoms with Crippen LogP contribution in [0.2, 0.25) is 0 Å². The number of benzene rings is 3. The second-order valence-electron chi connectivity index (χ2n) is 9.77. The standard InChI is InChI=1S/C31H26FN5O5/c1-36-18-24(22-6-4-7-23(27(22)32)35-29(38)26-17-20-5-2-3-8-25(20)42-26)34-28(31(36)40)33-21-11-9-19(10-12-21)30(39)37-13-15-41-16-14-37/h2-12,17-18H,13-16H2,1H3,(H,33,34)(H,35,38). The largest absolute Gasteiger partial charge is 0.451 e. The summed E-state index contributed by atoms with van der Waals surface area (Å²) < 4.78 is 27.9. The average Bonchev–Trinajstić information content (AvgIpc) is 3.46. The average molecular weight is 568 g/mol. The molecule has 0 radical (unpaired) electrons. The number of anilines is 3. The Morgan fingerprint density at radius 2 is 1.74 bits per heavy atom. The normalized spacial score (nSPS) is 13.2. The Hall–Kier alpha value is -5.29. The summed E-state index contributed by atoms with van der Waals surface area (Å²) in [6.45, 7) is 2.08. The van der Waals surface area contributed by atoms with Crippen LogP contribution in [-0.2, 0) is 11.8 Å². The van der Waals surface area contributed by atoms with Crippen molar-refractivity contribution in [1.82, 2.24) is 14.5 Å². The van der Waals surface area contributed by atoms with Gasteiger partial charge in [0.2, 0.25) is 0 Å². The van der Waals surface area contributed by atoms with E-state index in [2.05, 4.69) is 15.6 Å². The van der Waals surface area contributed by atoms with Gasteiger partial charge < -0.3 is 29.3 Å². The smallest absolute Gasteiger partial charge is 0.293 e. The fourth-order valence-corrected chi connectivity index (χ4v) is 4.70. The number of amides is 2. The van der Waals surface area contributed by atoms with E-state index >= 15 is 4.39 Å². The molecule has 3 heterocycles. The van der Waals surface area contributed by atoms with Crippen molar-refractivity contribution in [3.8, 4) is 11.3 Å². The molecule has 11 heteroatoms. The summed E-state index contributed by atoms with van der Waals surface area (Å²) >= 11 is 0. The number of carbonyl (C=O) groups excluding carboxylic acids is 2. The number of nitrogens with one attached hydrogen (secondary N) is 2. The van der Waals surface area contributed by atoms with Gasteiger partial charge in [-0.15, -0.1) is 0 Å². The van der Waals surface area contributed by atoms with Crippen LogP contribution >= 0.6 is 0 Å². The van der Waals surface area contributed by atoms with Gasteiger partial charge in [-0.25, -0.2) is 9.37 Å². The molecule has 1 fully saturated rings. The van der Waals surface area contributed by atoms with E-state index in [1.54, 1.807) is 53.4 Å². The minimum absolute atomic E-state index is 0.0293. The number of ether oxygens (including phenoxy) is 1. The molecule has 42 heavy (non-hydrogen) atoms. The van der Waals surface area contributed by atoms with Gasteiger partial charge in [0.15, 0.2) is 17.4 Å². The van der Waals surface area contributed by atoms with Crippen molar-refractivity contribution in [3.05, 3.63) is 106 Å². The minimum atomic E-state index is -0.718. The summed E-state index contributed by atoms with van der Waals surface area (Å²) in [6, 6.07) is 20.0. The first-order valence-electron chi connectivity index (χ1n) is 13.3. The lowest BCUT2D eigenvalue weighted by atomic mass is 10.1. The molecule has 6 rings (SSSR count). The van der Waals surface area contributed by atoms with E-state index in [4.69, 9.17) is 9.15 Å². The number of aryl methyl sites for hydroxylation is 1. The highest BCUT2D eigenvalue weighted by molar-refractivity contribution is 6.05. The van der Waals surface area contributed by atoms with Crippen LogP contribution in [0.3, 0.4) is 0 Å². The van der Waals surface area contributed by atoms with Gasteiger partial charge in [0.1, 0.15) is 5.58 Å². The Balaban J connectivity index is 1.23. The fourth-order valence-electron chi connectivity index (χ4n) is 4.70. The second-order valence-corrected chi connectivity index (χ2v) is 9.77. The van der Waals surface area contributed by atoms with Crippen LogP contribution in [0.4, 0.5) is 21.6 Å². The molecule has 1 aliphatic rings. The predicted molar refractivity (Wildman–Crippen MR) is 155 cm³/mol. The molecule has 0 saturated carbocycles. The van der Waals surface area contributed by atoms with Crippen LogP contribution in [0.5, 0.6) is 0 Å². The Bertz CT molecular complexity index is 1830. The molecule has 5 aromatic rings. The number of morpholine rings is 1. The number of furan rings is 1. The number of carbonyl (C=O) groups is 2. The molecule has 0 bridgehead atoms. The summed E-state index contributed by atoms with van der Waals surface area (Å²) in [5.74, 6) is -1.40. The summed E-state index contributed by atoms with van der Waals surface area (Å²) in [5.41, 5.74) is 1.36. The molecule has 212 valence electrons. The highest BCUT2D eigenvalue weighted by Gasteiger charge is 2.20. The first kappa shape index (κ1) is 26.9. The maximum absolute atomic E-state index is 15.7. The molecule has 0 aliphatic carbocycles. The zero-order valence-corrected chi connectivity index (χ0v) is 22.6. The van der Waals surface area contributed by atoms with Crippen molar-refractivity contribution < 1.29 is 23.1 Å². The van der Waals surface area contributed by atoms with Gasteiger partial charge in [0, 0.05) is 48.5 Å². The van der Waals surface area contributed by atoms with E-state index in [1.807, 2.05) is 12.1 Å². The summed E-state index contributed by atoms with van der Waals surface area (Å²) in [5, 5.41) is 6.29. The van der Waals surface area contributed by atoms with Gasteiger partial charge in [-0.1, -0.05) is 24.3 Å². The zero-order chi connectivity index (χ0) is 29.2. The predicted octanol–water partition coefficient (Wildman–Crippen LogP) is 4.80. The number of nitrogens with zero attached hydrogens (tertiary/aromatic N) is 3. The van der Waals surface area contributed by atoms with E-state index in [1.165, 1.54) is 29.9 Å². The molecule has 0 atom stereocenters. The Kier molecular flexibility index (Phi) is 7.24. The number of aromatic nitrogens is 2. The molecule has 2 amide bonds. The monoisotopic (exact) mass is 567 g/mol. The van der Waals surface area contributed by atoms with Crippen LogP contribution in [0.25, 0.3) is 22.2 Å². The van der Waals surface area contributed by atoms with Gasteiger partial charge in [-0.3, -0.25) is 14.4 Å². The molecule has 2 aromatic heterocycles. The second kappa shape index (κ2) is 11.3. The van der Waals surface area contributed by atoms with E-state index in [9.17, 15) is 14.4 Å². The van der Waals surface area contributed by atoms with Crippen molar-refractivity contribution in [1.29, 1.82) is 0 Å². The van der Waals surface area contributed by atoms with Gasteiger partial charge in [-0.2, -0.15) is 0 Å². The third-order valence-electron chi connectivity index (χ3n) is 6.94.